The van der Waals surface area contributed by atoms with E-state index in [-0.39, 0.29) is 6.17 Å². The van der Waals surface area contributed by atoms with Crippen LogP contribution < -0.4 is 10.8 Å². The van der Waals surface area contributed by atoms with Crippen LogP contribution in [0.4, 0.5) is 4.79 Å². The van der Waals surface area contributed by atoms with E-state index in [1.807, 2.05) is 54.6 Å². The molecule has 1 aliphatic heterocycles. The summed E-state index contributed by atoms with van der Waals surface area (Å²) in [7, 11) is 0. The van der Waals surface area contributed by atoms with Gasteiger partial charge in [0.1, 0.15) is 6.17 Å². The van der Waals surface area contributed by atoms with E-state index in [0.717, 1.165) is 16.7 Å². The van der Waals surface area contributed by atoms with Gasteiger partial charge in [-0.2, -0.15) is 0 Å². The van der Waals surface area contributed by atoms with Gasteiger partial charge in [-0.3, -0.25) is 5.32 Å². The molecule has 1 fully saturated rings. The molecule has 90 valence electrons. The lowest BCUT2D eigenvalue weighted by atomic mass is 9.98. The number of carbonyl (C=O) groups is 1. The highest BCUT2D eigenvalue weighted by atomic mass is 16.7. The molecule has 2 aromatic rings. The Hall–Kier alpha value is -2.33. The summed E-state index contributed by atoms with van der Waals surface area (Å²) in [4.78, 5) is 15.8. The van der Waals surface area contributed by atoms with E-state index < -0.39 is 6.09 Å². The van der Waals surface area contributed by atoms with Gasteiger partial charge < -0.3 is 4.84 Å². The van der Waals surface area contributed by atoms with E-state index in [1.165, 1.54) is 0 Å². The Labute approximate surface area is 105 Å². The van der Waals surface area contributed by atoms with Gasteiger partial charge in [0.25, 0.3) is 0 Å². The van der Waals surface area contributed by atoms with Gasteiger partial charge >= 0.3 is 6.09 Å². The fraction of sp³-hybridized carbons (Fsp3) is 0.0714. The van der Waals surface area contributed by atoms with E-state index in [2.05, 4.69) is 10.8 Å². The zero-order valence-electron chi connectivity index (χ0n) is 9.59. The lowest BCUT2D eigenvalue weighted by Crippen LogP contribution is -2.22. The Kier molecular flexibility index (Phi) is 2.70. The third kappa shape index (κ3) is 1.94. The first kappa shape index (κ1) is 10.8. The Bertz CT molecular complexity index is 569. The quantitative estimate of drug-likeness (QED) is 0.848. The minimum atomic E-state index is -0.456. The predicted octanol–water partition coefficient (Wildman–Crippen LogP) is 2.60. The van der Waals surface area contributed by atoms with Crippen molar-refractivity contribution < 1.29 is 9.63 Å². The van der Waals surface area contributed by atoms with Gasteiger partial charge in [-0.05, 0) is 16.7 Å². The van der Waals surface area contributed by atoms with Crippen LogP contribution in [-0.4, -0.2) is 6.09 Å². The van der Waals surface area contributed by atoms with Crippen molar-refractivity contribution in [3.63, 3.8) is 0 Å². The van der Waals surface area contributed by atoms with Gasteiger partial charge in [0.05, 0.1) is 0 Å². The molecule has 0 aromatic heterocycles. The fourth-order valence-electron chi connectivity index (χ4n) is 2.06. The molecule has 4 heteroatoms. The number of amides is 1. The molecule has 1 amide bonds. The van der Waals surface area contributed by atoms with Crippen LogP contribution in [0.3, 0.4) is 0 Å². The van der Waals surface area contributed by atoms with Crippen molar-refractivity contribution in [3.05, 3.63) is 60.2 Å². The normalized spacial score (nSPS) is 18.2. The van der Waals surface area contributed by atoms with Crippen LogP contribution in [0.2, 0.25) is 0 Å². The largest absolute Gasteiger partial charge is 0.427 e. The van der Waals surface area contributed by atoms with Crippen LogP contribution in [0.25, 0.3) is 11.1 Å². The maximum Gasteiger partial charge on any atom is 0.427 e. The van der Waals surface area contributed by atoms with Crippen LogP contribution in [0.15, 0.2) is 54.6 Å². The van der Waals surface area contributed by atoms with E-state index >= 15 is 0 Å². The number of nitrogens with one attached hydrogen (secondary N) is 2. The Balaban J connectivity index is 2.03. The van der Waals surface area contributed by atoms with Gasteiger partial charge in [-0.1, -0.05) is 54.6 Å². The predicted molar refractivity (Wildman–Crippen MR) is 67.4 cm³/mol. The highest BCUT2D eigenvalue weighted by molar-refractivity contribution is 5.72. The first-order chi connectivity index (χ1) is 8.84. The number of benzene rings is 2. The van der Waals surface area contributed by atoms with E-state index in [0.29, 0.717) is 0 Å². The number of hydrogen-bond donors (Lipinski definition) is 2. The second-order valence-corrected chi connectivity index (χ2v) is 4.04. The second kappa shape index (κ2) is 4.50. The van der Waals surface area contributed by atoms with Gasteiger partial charge in [0, 0.05) is 0 Å². The van der Waals surface area contributed by atoms with Gasteiger partial charge in [0.2, 0.25) is 0 Å². The summed E-state index contributed by atoms with van der Waals surface area (Å²) in [6.45, 7) is 0. The van der Waals surface area contributed by atoms with Crippen molar-refractivity contribution in [2.45, 2.75) is 6.17 Å². The zero-order chi connectivity index (χ0) is 12.4. The van der Waals surface area contributed by atoms with E-state index in [4.69, 9.17) is 4.84 Å². The summed E-state index contributed by atoms with van der Waals surface area (Å²) >= 11 is 0. The average Bonchev–Trinajstić information content (AvgIpc) is 2.86. The lowest BCUT2D eigenvalue weighted by molar-refractivity contribution is 0.122. The topological polar surface area (TPSA) is 50.4 Å². The molecular weight excluding hydrogens is 228 g/mol. The van der Waals surface area contributed by atoms with Gasteiger partial charge in [0.15, 0.2) is 0 Å². The molecule has 0 radical (unpaired) electrons. The van der Waals surface area contributed by atoms with E-state index in [9.17, 15) is 4.79 Å². The van der Waals surface area contributed by atoms with Crippen LogP contribution in [0.1, 0.15) is 11.7 Å². The SMILES string of the molecule is O=C1NC(c2ccccc2-c2ccccc2)NO1. The summed E-state index contributed by atoms with van der Waals surface area (Å²) in [5, 5.41) is 2.71. The molecule has 2 N–H and O–H groups in total. The molecule has 1 saturated heterocycles. The second-order valence-electron chi connectivity index (χ2n) is 4.04. The summed E-state index contributed by atoms with van der Waals surface area (Å²) in [6, 6.07) is 17.9. The smallest absolute Gasteiger partial charge is 0.351 e. The van der Waals surface area contributed by atoms with Gasteiger partial charge in [-0.25, -0.2) is 4.79 Å². The van der Waals surface area contributed by atoms with Crippen molar-refractivity contribution in [1.29, 1.82) is 0 Å². The van der Waals surface area contributed by atoms with Crippen molar-refractivity contribution in [2.24, 2.45) is 0 Å². The minimum Gasteiger partial charge on any atom is -0.351 e. The molecule has 18 heavy (non-hydrogen) atoms. The maximum atomic E-state index is 11.1. The Morgan fingerprint density at radius 1 is 0.944 bits per heavy atom. The van der Waals surface area contributed by atoms with Crippen LogP contribution in [0, 0.1) is 0 Å². The van der Waals surface area contributed by atoms with Crippen molar-refractivity contribution in [2.75, 3.05) is 0 Å². The molecule has 1 aliphatic rings. The van der Waals surface area contributed by atoms with Gasteiger partial charge in [-0.15, -0.1) is 5.48 Å². The molecule has 4 nitrogen and oxygen atoms in total. The maximum absolute atomic E-state index is 11.1. The molecule has 0 saturated carbocycles. The number of carbonyl (C=O) groups excluding carboxylic acids is 1. The summed E-state index contributed by atoms with van der Waals surface area (Å²) in [6.07, 6.45) is -0.767. The highest BCUT2D eigenvalue weighted by Crippen LogP contribution is 2.28. The van der Waals surface area contributed by atoms with E-state index in [1.54, 1.807) is 0 Å². The molecule has 1 heterocycles. The third-order valence-corrected chi connectivity index (χ3v) is 2.89. The lowest BCUT2D eigenvalue weighted by Gasteiger charge is -2.13. The molecule has 0 spiro atoms. The first-order valence-corrected chi connectivity index (χ1v) is 5.72. The molecule has 3 rings (SSSR count). The molecular formula is C14H12N2O2. The highest BCUT2D eigenvalue weighted by Gasteiger charge is 2.25. The number of hydrogen-bond acceptors (Lipinski definition) is 3. The van der Waals surface area contributed by atoms with Crippen LogP contribution >= 0.6 is 0 Å². The number of hydroxylamine groups is 1. The molecule has 1 atom stereocenters. The van der Waals surface area contributed by atoms with Crippen molar-refractivity contribution in [1.82, 2.24) is 10.8 Å². The monoisotopic (exact) mass is 240 g/mol. The third-order valence-electron chi connectivity index (χ3n) is 2.89. The molecule has 2 aromatic carbocycles. The zero-order valence-corrected chi connectivity index (χ0v) is 9.59. The summed E-state index contributed by atoms with van der Waals surface area (Å²) in [5.41, 5.74) is 5.83. The average molecular weight is 240 g/mol. The molecule has 0 aliphatic carbocycles. The minimum absolute atomic E-state index is 0.311. The summed E-state index contributed by atoms with van der Waals surface area (Å²) in [5.74, 6) is 0. The fourth-order valence-corrected chi connectivity index (χ4v) is 2.06. The number of rotatable bonds is 2. The van der Waals surface area contributed by atoms with Crippen LogP contribution in [-0.2, 0) is 4.84 Å². The molecule has 0 bridgehead atoms. The molecule has 1 unspecified atom stereocenters. The van der Waals surface area contributed by atoms with Crippen LogP contribution in [0.5, 0.6) is 0 Å². The van der Waals surface area contributed by atoms with Crippen molar-refractivity contribution in [3.8, 4) is 11.1 Å². The van der Waals surface area contributed by atoms with Crippen molar-refractivity contribution >= 4 is 6.09 Å². The first-order valence-electron chi connectivity index (χ1n) is 5.72. The standard InChI is InChI=1S/C14H12N2O2/c17-14-15-13(16-18-14)12-9-5-4-8-11(12)10-6-2-1-3-7-10/h1-9,13,16H,(H,15,17). The Morgan fingerprint density at radius 3 is 2.39 bits per heavy atom. The Morgan fingerprint density at radius 2 is 1.67 bits per heavy atom. The summed E-state index contributed by atoms with van der Waals surface area (Å²) < 4.78 is 0.